The van der Waals surface area contributed by atoms with E-state index in [4.69, 9.17) is 14.6 Å². The molecule has 0 amide bonds. The molecule has 1 aromatic rings. The van der Waals surface area contributed by atoms with E-state index < -0.39 is 6.10 Å². The van der Waals surface area contributed by atoms with Crippen LogP contribution in [-0.2, 0) is 20.7 Å². The second-order valence-corrected chi connectivity index (χ2v) is 3.84. The maximum absolute atomic E-state index is 11.6. The Hall–Kier alpha value is -1.83. The Morgan fingerprint density at radius 2 is 2.05 bits per heavy atom. The molecule has 0 fully saturated rings. The summed E-state index contributed by atoms with van der Waals surface area (Å²) in [7, 11) is 1.49. The van der Waals surface area contributed by atoms with Gasteiger partial charge in [-0.1, -0.05) is 24.0 Å². The van der Waals surface area contributed by atoms with Gasteiger partial charge in [0.1, 0.15) is 6.61 Å². The van der Waals surface area contributed by atoms with Crippen molar-refractivity contribution in [3.63, 3.8) is 0 Å². The molecule has 0 aliphatic heterocycles. The van der Waals surface area contributed by atoms with Crippen LogP contribution in [0.5, 0.6) is 0 Å². The molecule has 0 spiro atoms. The Kier molecular flexibility index (Phi) is 6.65. The molecule has 0 bridgehead atoms. The van der Waals surface area contributed by atoms with E-state index in [0.29, 0.717) is 13.0 Å². The van der Waals surface area contributed by atoms with Crippen LogP contribution in [-0.4, -0.2) is 37.5 Å². The summed E-state index contributed by atoms with van der Waals surface area (Å²) in [6, 6.07) is 7.45. The number of methoxy groups -OCH3 is 1. The van der Waals surface area contributed by atoms with E-state index in [2.05, 4.69) is 11.8 Å². The van der Waals surface area contributed by atoms with E-state index in [9.17, 15) is 4.79 Å². The molecule has 0 saturated carbocycles. The topological polar surface area (TPSA) is 55.8 Å². The van der Waals surface area contributed by atoms with Crippen molar-refractivity contribution in [1.29, 1.82) is 0 Å². The van der Waals surface area contributed by atoms with Crippen LogP contribution in [0.1, 0.15) is 18.1 Å². The van der Waals surface area contributed by atoms with Crippen molar-refractivity contribution in [2.45, 2.75) is 19.4 Å². The number of hydrogen-bond donors (Lipinski definition) is 1. The van der Waals surface area contributed by atoms with Crippen molar-refractivity contribution in [2.24, 2.45) is 0 Å². The van der Waals surface area contributed by atoms with Crippen molar-refractivity contribution in [3.8, 4) is 11.8 Å². The molecule has 19 heavy (non-hydrogen) atoms. The Morgan fingerprint density at radius 3 is 2.58 bits per heavy atom. The maximum atomic E-state index is 11.6. The normalized spacial score (nSPS) is 11.3. The summed E-state index contributed by atoms with van der Waals surface area (Å²) in [5, 5.41) is 8.60. The van der Waals surface area contributed by atoms with Gasteiger partial charge in [-0.15, -0.1) is 0 Å². The van der Waals surface area contributed by atoms with Crippen molar-refractivity contribution < 1.29 is 19.4 Å². The average molecular weight is 262 g/mol. The third kappa shape index (κ3) is 5.12. The standard InChI is InChI=1S/C15H18O4/c1-3-19-15(17)14(18-2)11-13-8-6-12(7-9-13)5-4-10-16/h6-9,14,16H,3,10-11H2,1-2H3. The number of aliphatic hydroxyl groups is 1. The number of benzene rings is 1. The van der Waals surface area contributed by atoms with E-state index in [1.165, 1.54) is 7.11 Å². The summed E-state index contributed by atoms with van der Waals surface area (Å²) in [4.78, 5) is 11.6. The molecule has 0 aromatic heterocycles. The van der Waals surface area contributed by atoms with Crippen molar-refractivity contribution >= 4 is 5.97 Å². The van der Waals surface area contributed by atoms with Crippen LogP contribution in [0.15, 0.2) is 24.3 Å². The minimum absolute atomic E-state index is 0.156. The second-order valence-electron chi connectivity index (χ2n) is 3.84. The first-order valence-corrected chi connectivity index (χ1v) is 6.09. The number of hydrogen-bond acceptors (Lipinski definition) is 4. The van der Waals surface area contributed by atoms with E-state index in [1.807, 2.05) is 24.3 Å². The molecule has 4 heteroatoms. The zero-order valence-corrected chi connectivity index (χ0v) is 11.2. The lowest BCUT2D eigenvalue weighted by Gasteiger charge is -2.13. The lowest BCUT2D eigenvalue weighted by molar-refractivity contribution is -0.154. The largest absolute Gasteiger partial charge is 0.464 e. The fourth-order valence-corrected chi connectivity index (χ4v) is 1.58. The van der Waals surface area contributed by atoms with Crippen molar-refractivity contribution in [1.82, 2.24) is 0 Å². The molecule has 1 unspecified atom stereocenters. The number of ether oxygens (including phenoxy) is 2. The second kappa shape index (κ2) is 8.30. The molecular formula is C15H18O4. The van der Waals surface area contributed by atoms with Crippen molar-refractivity contribution in [2.75, 3.05) is 20.3 Å². The molecule has 0 aliphatic rings. The average Bonchev–Trinajstić information content (AvgIpc) is 2.44. The first-order valence-electron chi connectivity index (χ1n) is 6.09. The minimum atomic E-state index is -0.589. The third-order valence-corrected chi connectivity index (χ3v) is 2.52. The summed E-state index contributed by atoms with van der Waals surface area (Å²) < 4.78 is 10.1. The molecule has 102 valence electrons. The highest BCUT2D eigenvalue weighted by Crippen LogP contribution is 2.09. The van der Waals surface area contributed by atoms with E-state index in [1.54, 1.807) is 6.92 Å². The molecular weight excluding hydrogens is 244 g/mol. The van der Waals surface area contributed by atoms with Gasteiger partial charge < -0.3 is 14.6 Å². The van der Waals surface area contributed by atoms with Gasteiger partial charge in [0.2, 0.25) is 0 Å². The lowest BCUT2D eigenvalue weighted by atomic mass is 10.1. The van der Waals surface area contributed by atoms with Gasteiger partial charge in [0.25, 0.3) is 0 Å². The number of rotatable bonds is 5. The quantitative estimate of drug-likeness (QED) is 0.639. The molecule has 0 heterocycles. The van der Waals surface area contributed by atoms with Crippen LogP contribution in [0.3, 0.4) is 0 Å². The van der Waals surface area contributed by atoms with Gasteiger partial charge >= 0.3 is 5.97 Å². The molecule has 1 atom stereocenters. The highest BCUT2D eigenvalue weighted by Gasteiger charge is 2.19. The number of aliphatic hydroxyl groups excluding tert-OH is 1. The van der Waals surface area contributed by atoms with Crippen molar-refractivity contribution in [3.05, 3.63) is 35.4 Å². The highest BCUT2D eigenvalue weighted by molar-refractivity contribution is 5.75. The van der Waals surface area contributed by atoms with Gasteiger partial charge in [-0.25, -0.2) is 4.79 Å². The predicted octanol–water partition coefficient (Wildman–Crippen LogP) is 1.15. The number of carbonyl (C=O) groups excluding carboxylic acids is 1. The Bertz CT molecular complexity index is 453. The van der Waals surface area contributed by atoms with E-state index >= 15 is 0 Å². The maximum Gasteiger partial charge on any atom is 0.335 e. The van der Waals surface area contributed by atoms with Crippen LogP contribution in [0.4, 0.5) is 0 Å². The van der Waals surface area contributed by atoms with E-state index in [-0.39, 0.29) is 12.6 Å². The van der Waals surface area contributed by atoms with Crippen LogP contribution >= 0.6 is 0 Å². The SMILES string of the molecule is CCOC(=O)C(Cc1ccc(C#CCO)cc1)OC. The molecule has 0 saturated heterocycles. The van der Waals surface area contributed by atoms with Crippen LogP contribution in [0.2, 0.25) is 0 Å². The number of carbonyl (C=O) groups is 1. The summed E-state index contributed by atoms with van der Waals surface area (Å²) in [6.45, 7) is 1.95. The molecule has 0 aliphatic carbocycles. The Morgan fingerprint density at radius 1 is 1.37 bits per heavy atom. The molecule has 0 radical (unpaired) electrons. The monoisotopic (exact) mass is 262 g/mol. The van der Waals surface area contributed by atoms with Crippen LogP contribution < -0.4 is 0 Å². The molecule has 1 aromatic carbocycles. The molecule has 1 N–H and O–H groups in total. The third-order valence-electron chi connectivity index (χ3n) is 2.52. The van der Waals surface area contributed by atoms with Gasteiger partial charge in [0.15, 0.2) is 6.10 Å². The first-order chi connectivity index (χ1) is 9.21. The van der Waals surface area contributed by atoms with Gasteiger partial charge in [-0.3, -0.25) is 0 Å². The summed E-state index contributed by atoms with van der Waals surface area (Å²) in [5.41, 5.74) is 1.79. The number of esters is 1. The smallest absolute Gasteiger partial charge is 0.335 e. The summed E-state index contributed by atoms with van der Waals surface area (Å²) >= 11 is 0. The van der Waals surface area contributed by atoms with Crippen LogP contribution in [0, 0.1) is 11.8 Å². The zero-order valence-electron chi connectivity index (χ0n) is 11.2. The predicted molar refractivity (Wildman–Crippen MR) is 71.5 cm³/mol. The van der Waals surface area contributed by atoms with Gasteiger partial charge in [-0.05, 0) is 24.6 Å². The van der Waals surface area contributed by atoms with Gasteiger partial charge in [0.05, 0.1) is 6.61 Å². The van der Waals surface area contributed by atoms with E-state index in [0.717, 1.165) is 11.1 Å². The fourth-order valence-electron chi connectivity index (χ4n) is 1.58. The Labute approximate surface area is 113 Å². The highest BCUT2D eigenvalue weighted by atomic mass is 16.6. The fraction of sp³-hybridized carbons (Fsp3) is 0.400. The van der Waals surface area contributed by atoms with Gasteiger partial charge in [0, 0.05) is 19.1 Å². The first kappa shape index (κ1) is 15.2. The Balaban J connectivity index is 2.67. The lowest BCUT2D eigenvalue weighted by Crippen LogP contribution is -2.27. The summed E-state index contributed by atoms with van der Waals surface area (Å²) in [6.07, 6.45) is -0.127. The molecule has 4 nitrogen and oxygen atoms in total. The summed E-state index contributed by atoms with van der Waals surface area (Å²) in [5.74, 6) is 5.03. The van der Waals surface area contributed by atoms with Gasteiger partial charge in [-0.2, -0.15) is 0 Å². The van der Waals surface area contributed by atoms with Crippen LogP contribution in [0.25, 0.3) is 0 Å². The zero-order chi connectivity index (χ0) is 14.1. The molecule has 1 rings (SSSR count). The minimum Gasteiger partial charge on any atom is -0.464 e.